The summed E-state index contributed by atoms with van der Waals surface area (Å²) in [5, 5.41) is 9.35. The standard InChI is InChI=1S/C16H27NO3/c1-3-11-5-7-17(8-6-11)15(18)13-9-12(4-2)10-14(13)16(19)20/h11-14H,3-10H2,1-2H3,(H,19,20). The number of piperidine rings is 1. The predicted octanol–water partition coefficient (Wildman–Crippen LogP) is 2.77. The second-order valence-corrected chi connectivity index (χ2v) is 6.47. The number of aliphatic carboxylic acids is 1. The van der Waals surface area contributed by atoms with Crippen LogP contribution in [0.3, 0.4) is 0 Å². The van der Waals surface area contributed by atoms with Crippen LogP contribution in [-0.4, -0.2) is 35.0 Å². The minimum atomic E-state index is -0.789. The maximum absolute atomic E-state index is 12.6. The molecule has 0 aromatic rings. The normalized spacial score (nSPS) is 31.5. The number of amides is 1. The molecule has 4 nitrogen and oxygen atoms in total. The number of nitrogens with zero attached hydrogens (tertiary/aromatic N) is 1. The van der Waals surface area contributed by atoms with Gasteiger partial charge in [0.25, 0.3) is 0 Å². The molecule has 3 atom stereocenters. The van der Waals surface area contributed by atoms with E-state index in [2.05, 4.69) is 13.8 Å². The highest BCUT2D eigenvalue weighted by Gasteiger charge is 2.43. The average Bonchev–Trinajstić information content (AvgIpc) is 2.91. The molecule has 2 rings (SSSR count). The van der Waals surface area contributed by atoms with Gasteiger partial charge in [-0.2, -0.15) is 0 Å². The Labute approximate surface area is 121 Å². The van der Waals surface area contributed by atoms with E-state index in [-0.39, 0.29) is 11.8 Å². The van der Waals surface area contributed by atoms with Gasteiger partial charge in [0.15, 0.2) is 0 Å². The summed E-state index contributed by atoms with van der Waals surface area (Å²) in [6.45, 7) is 5.92. The molecule has 20 heavy (non-hydrogen) atoms. The molecule has 0 spiro atoms. The zero-order valence-electron chi connectivity index (χ0n) is 12.7. The van der Waals surface area contributed by atoms with Crippen molar-refractivity contribution in [2.24, 2.45) is 23.7 Å². The number of carbonyl (C=O) groups is 2. The lowest BCUT2D eigenvalue weighted by molar-refractivity contribution is -0.149. The molecule has 1 heterocycles. The van der Waals surface area contributed by atoms with Gasteiger partial charge in [0.1, 0.15) is 0 Å². The van der Waals surface area contributed by atoms with E-state index >= 15 is 0 Å². The fourth-order valence-electron chi connectivity index (χ4n) is 3.82. The van der Waals surface area contributed by atoms with Crippen molar-refractivity contribution in [3.63, 3.8) is 0 Å². The van der Waals surface area contributed by atoms with Gasteiger partial charge in [0, 0.05) is 13.1 Å². The summed E-state index contributed by atoms with van der Waals surface area (Å²) in [6.07, 6.45) is 5.74. The number of carbonyl (C=O) groups excluding carboxylic acids is 1. The molecule has 4 heteroatoms. The molecule has 0 bridgehead atoms. The largest absolute Gasteiger partial charge is 0.481 e. The molecule has 1 N–H and O–H groups in total. The van der Waals surface area contributed by atoms with Crippen LogP contribution in [0.15, 0.2) is 0 Å². The van der Waals surface area contributed by atoms with Crippen molar-refractivity contribution in [3.05, 3.63) is 0 Å². The van der Waals surface area contributed by atoms with Gasteiger partial charge in [0.05, 0.1) is 11.8 Å². The molecule has 0 aromatic carbocycles. The number of likely N-dealkylation sites (tertiary alicyclic amines) is 1. The zero-order chi connectivity index (χ0) is 14.7. The highest BCUT2D eigenvalue weighted by molar-refractivity contribution is 5.85. The van der Waals surface area contributed by atoms with Crippen molar-refractivity contribution in [3.8, 4) is 0 Å². The fraction of sp³-hybridized carbons (Fsp3) is 0.875. The van der Waals surface area contributed by atoms with Gasteiger partial charge in [-0.15, -0.1) is 0 Å². The van der Waals surface area contributed by atoms with Crippen molar-refractivity contribution in [2.75, 3.05) is 13.1 Å². The number of hydrogen-bond acceptors (Lipinski definition) is 2. The SMILES string of the molecule is CCC1CCN(C(=O)C2CC(CC)CC2C(=O)O)CC1. The summed E-state index contributed by atoms with van der Waals surface area (Å²) < 4.78 is 0. The minimum absolute atomic E-state index is 0.0999. The Bertz CT molecular complexity index is 361. The lowest BCUT2D eigenvalue weighted by atomic mass is 9.91. The van der Waals surface area contributed by atoms with Crippen LogP contribution in [0.25, 0.3) is 0 Å². The van der Waals surface area contributed by atoms with Gasteiger partial charge < -0.3 is 10.0 Å². The monoisotopic (exact) mass is 281 g/mol. The predicted molar refractivity (Wildman–Crippen MR) is 77.2 cm³/mol. The van der Waals surface area contributed by atoms with Crippen LogP contribution in [-0.2, 0) is 9.59 Å². The van der Waals surface area contributed by atoms with E-state index in [0.29, 0.717) is 12.3 Å². The lowest BCUT2D eigenvalue weighted by Crippen LogP contribution is -2.43. The second-order valence-electron chi connectivity index (χ2n) is 6.47. The van der Waals surface area contributed by atoms with Crippen molar-refractivity contribution in [1.82, 2.24) is 4.90 Å². The van der Waals surface area contributed by atoms with Crippen LogP contribution in [0, 0.1) is 23.7 Å². The van der Waals surface area contributed by atoms with Crippen molar-refractivity contribution in [2.45, 2.75) is 52.4 Å². The Morgan fingerprint density at radius 3 is 2.05 bits per heavy atom. The molecule has 1 aliphatic carbocycles. The molecule has 0 radical (unpaired) electrons. The van der Waals surface area contributed by atoms with E-state index in [4.69, 9.17) is 0 Å². The average molecular weight is 281 g/mol. The smallest absolute Gasteiger partial charge is 0.307 e. The van der Waals surface area contributed by atoms with Gasteiger partial charge in [-0.05, 0) is 37.5 Å². The first-order valence-corrected chi connectivity index (χ1v) is 8.08. The molecule has 2 fully saturated rings. The van der Waals surface area contributed by atoms with Crippen LogP contribution in [0.4, 0.5) is 0 Å². The van der Waals surface area contributed by atoms with Gasteiger partial charge >= 0.3 is 5.97 Å². The van der Waals surface area contributed by atoms with Crippen LogP contribution < -0.4 is 0 Å². The summed E-state index contributed by atoms with van der Waals surface area (Å²) in [5.41, 5.74) is 0. The van der Waals surface area contributed by atoms with Crippen LogP contribution in [0.2, 0.25) is 0 Å². The van der Waals surface area contributed by atoms with E-state index in [9.17, 15) is 14.7 Å². The van der Waals surface area contributed by atoms with E-state index in [1.165, 1.54) is 6.42 Å². The van der Waals surface area contributed by atoms with Crippen molar-refractivity contribution in [1.29, 1.82) is 0 Å². The Hall–Kier alpha value is -1.06. The molecule has 2 aliphatic rings. The Kier molecular flexibility index (Phi) is 5.06. The first kappa shape index (κ1) is 15.3. The number of carboxylic acid groups (broad SMARTS) is 1. The quantitative estimate of drug-likeness (QED) is 0.862. The van der Waals surface area contributed by atoms with Crippen LogP contribution in [0.5, 0.6) is 0 Å². The Balaban J connectivity index is 1.99. The zero-order valence-corrected chi connectivity index (χ0v) is 12.7. The molecular weight excluding hydrogens is 254 g/mol. The van der Waals surface area contributed by atoms with Gasteiger partial charge in [-0.3, -0.25) is 9.59 Å². The first-order valence-electron chi connectivity index (χ1n) is 8.08. The van der Waals surface area contributed by atoms with E-state index < -0.39 is 11.9 Å². The molecular formula is C16H27NO3. The highest BCUT2D eigenvalue weighted by atomic mass is 16.4. The molecule has 1 aliphatic heterocycles. The number of rotatable bonds is 4. The molecule has 0 aromatic heterocycles. The molecule has 1 amide bonds. The highest BCUT2D eigenvalue weighted by Crippen LogP contribution is 2.40. The lowest BCUT2D eigenvalue weighted by Gasteiger charge is -2.34. The van der Waals surface area contributed by atoms with Crippen LogP contribution >= 0.6 is 0 Å². The third kappa shape index (κ3) is 3.15. The van der Waals surface area contributed by atoms with Gasteiger partial charge in [-0.25, -0.2) is 0 Å². The summed E-state index contributed by atoms with van der Waals surface area (Å²) in [4.78, 5) is 25.9. The topological polar surface area (TPSA) is 57.6 Å². The summed E-state index contributed by atoms with van der Waals surface area (Å²) in [6, 6.07) is 0. The third-order valence-electron chi connectivity index (χ3n) is 5.38. The van der Waals surface area contributed by atoms with E-state index in [1.54, 1.807) is 0 Å². The van der Waals surface area contributed by atoms with Crippen molar-refractivity contribution >= 4 is 11.9 Å². The summed E-state index contributed by atoms with van der Waals surface area (Å²) >= 11 is 0. The Morgan fingerprint density at radius 1 is 1.00 bits per heavy atom. The minimum Gasteiger partial charge on any atom is -0.481 e. The van der Waals surface area contributed by atoms with Crippen molar-refractivity contribution < 1.29 is 14.7 Å². The molecule has 114 valence electrons. The van der Waals surface area contributed by atoms with E-state index in [1.807, 2.05) is 4.90 Å². The first-order chi connectivity index (χ1) is 9.56. The summed E-state index contributed by atoms with van der Waals surface area (Å²) in [5.74, 6) is -0.294. The van der Waals surface area contributed by atoms with Crippen LogP contribution in [0.1, 0.15) is 52.4 Å². The molecule has 1 saturated carbocycles. The maximum Gasteiger partial charge on any atom is 0.307 e. The number of hydrogen-bond donors (Lipinski definition) is 1. The third-order valence-corrected chi connectivity index (χ3v) is 5.38. The molecule has 1 saturated heterocycles. The second kappa shape index (κ2) is 6.59. The van der Waals surface area contributed by atoms with Gasteiger partial charge in [-0.1, -0.05) is 26.7 Å². The van der Waals surface area contributed by atoms with Gasteiger partial charge in [0.2, 0.25) is 5.91 Å². The fourth-order valence-corrected chi connectivity index (χ4v) is 3.82. The Morgan fingerprint density at radius 2 is 1.55 bits per heavy atom. The number of carboxylic acids is 1. The van der Waals surface area contributed by atoms with E-state index in [0.717, 1.165) is 44.7 Å². The molecule has 3 unspecified atom stereocenters. The maximum atomic E-state index is 12.6. The summed E-state index contributed by atoms with van der Waals surface area (Å²) in [7, 11) is 0.